The SMILES string of the molecule is COc1ccc(CN2CCO[C@](COc3ccc(F)cc3)(CC(=O)N3CCN(C)CC3)C2)cc1CO. The van der Waals surface area contributed by atoms with Crippen LogP contribution in [0.25, 0.3) is 0 Å². The van der Waals surface area contributed by atoms with E-state index in [0.29, 0.717) is 50.8 Å². The normalized spacial score (nSPS) is 21.4. The number of aliphatic hydroxyl groups excluding tert-OH is 1. The lowest BCUT2D eigenvalue weighted by Crippen LogP contribution is -2.58. The summed E-state index contributed by atoms with van der Waals surface area (Å²) >= 11 is 0. The maximum absolute atomic E-state index is 13.4. The van der Waals surface area contributed by atoms with Gasteiger partial charge in [0.25, 0.3) is 0 Å². The number of rotatable bonds is 9. The first-order valence-electron chi connectivity index (χ1n) is 12.4. The van der Waals surface area contributed by atoms with Crippen molar-refractivity contribution in [3.05, 3.63) is 59.4 Å². The molecular weight excluding hydrogens is 465 g/mol. The number of likely N-dealkylation sites (N-methyl/N-ethyl adjacent to an activating group) is 1. The predicted octanol–water partition coefficient (Wildman–Crippen LogP) is 2.14. The van der Waals surface area contributed by atoms with Gasteiger partial charge in [0.1, 0.15) is 29.5 Å². The van der Waals surface area contributed by atoms with Crippen LogP contribution in [0.1, 0.15) is 17.5 Å². The maximum atomic E-state index is 13.4. The topological polar surface area (TPSA) is 74.7 Å². The van der Waals surface area contributed by atoms with Gasteiger partial charge in [-0.15, -0.1) is 0 Å². The van der Waals surface area contributed by atoms with Gasteiger partial charge in [-0.1, -0.05) is 6.07 Å². The molecule has 2 aromatic carbocycles. The van der Waals surface area contributed by atoms with Crippen LogP contribution < -0.4 is 9.47 Å². The summed E-state index contributed by atoms with van der Waals surface area (Å²) in [6, 6.07) is 11.7. The minimum atomic E-state index is -0.834. The lowest BCUT2D eigenvalue weighted by atomic mass is 9.96. The Morgan fingerprint density at radius 3 is 2.56 bits per heavy atom. The summed E-state index contributed by atoms with van der Waals surface area (Å²) in [5, 5.41) is 9.70. The Balaban J connectivity index is 1.49. The number of hydrogen-bond donors (Lipinski definition) is 1. The smallest absolute Gasteiger partial charge is 0.225 e. The number of benzene rings is 2. The molecule has 1 atom stereocenters. The van der Waals surface area contributed by atoms with E-state index >= 15 is 0 Å². The Hall–Kier alpha value is -2.72. The molecule has 0 unspecified atom stereocenters. The van der Waals surface area contributed by atoms with Crippen LogP contribution in [0.15, 0.2) is 42.5 Å². The van der Waals surface area contributed by atoms with E-state index in [4.69, 9.17) is 14.2 Å². The molecule has 196 valence electrons. The zero-order valence-corrected chi connectivity index (χ0v) is 21.1. The molecule has 0 aliphatic carbocycles. The van der Waals surface area contributed by atoms with Crippen molar-refractivity contribution in [1.82, 2.24) is 14.7 Å². The highest BCUT2D eigenvalue weighted by Crippen LogP contribution is 2.28. The van der Waals surface area contributed by atoms with Gasteiger partial charge in [-0.3, -0.25) is 9.69 Å². The highest BCUT2D eigenvalue weighted by molar-refractivity contribution is 5.77. The average molecular weight is 502 g/mol. The molecule has 0 aromatic heterocycles. The number of carbonyl (C=O) groups excluding carboxylic acids is 1. The lowest BCUT2D eigenvalue weighted by Gasteiger charge is -2.43. The summed E-state index contributed by atoms with van der Waals surface area (Å²) in [6.07, 6.45) is 0.207. The number of carbonyl (C=O) groups is 1. The number of hydrogen-bond acceptors (Lipinski definition) is 7. The van der Waals surface area contributed by atoms with Gasteiger partial charge in [0.15, 0.2) is 0 Å². The van der Waals surface area contributed by atoms with Gasteiger partial charge in [-0.05, 0) is 49.0 Å². The molecule has 0 bridgehead atoms. The molecule has 2 heterocycles. The van der Waals surface area contributed by atoms with Crippen molar-refractivity contribution < 1.29 is 28.5 Å². The number of piperazine rings is 1. The second-order valence-corrected chi connectivity index (χ2v) is 9.65. The van der Waals surface area contributed by atoms with E-state index in [9.17, 15) is 14.3 Å². The van der Waals surface area contributed by atoms with Crippen LogP contribution in [0.4, 0.5) is 4.39 Å². The van der Waals surface area contributed by atoms with Crippen LogP contribution in [0.3, 0.4) is 0 Å². The average Bonchev–Trinajstić information content (AvgIpc) is 2.89. The number of methoxy groups -OCH3 is 1. The van der Waals surface area contributed by atoms with Crippen LogP contribution in [-0.2, 0) is 22.7 Å². The Morgan fingerprint density at radius 1 is 1.11 bits per heavy atom. The van der Waals surface area contributed by atoms with Gasteiger partial charge in [0.2, 0.25) is 5.91 Å². The van der Waals surface area contributed by atoms with Crippen LogP contribution in [0.2, 0.25) is 0 Å². The second-order valence-electron chi connectivity index (χ2n) is 9.65. The monoisotopic (exact) mass is 501 g/mol. The molecular formula is C27H36FN3O5. The molecule has 2 fully saturated rings. The van der Waals surface area contributed by atoms with Gasteiger partial charge in [0, 0.05) is 51.4 Å². The Morgan fingerprint density at radius 2 is 1.86 bits per heavy atom. The first-order chi connectivity index (χ1) is 17.4. The van der Waals surface area contributed by atoms with Crippen molar-refractivity contribution in [3.63, 3.8) is 0 Å². The van der Waals surface area contributed by atoms with Gasteiger partial charge in [0.05, 0.1) is 26.7 Å². The largest absolute Gasteiger partial charge is 0.496 e. The van der Waals surface area contributed by atoms with Crippen molar-refractivity contribution in [2.45, 2.75) is 25.2 Å². The molecule has 1 amide bonds. The first kappa shape index (κ1) is 26.3. The summed E-state index contributed by atoms with van der Waals surface area (Å²) in [5.74, 6) is 0.915. The van der Waals surface area contributed by atoms with Crippen LogP contribution in [0.5, 0.6) is 11.5 Å². The third-order valence-corrected chi connectivity index (χ3v) is 6.89. The minimum Gasteiger partial charge on any atom is -0.496 e. The number of amides is 1. The van der Waals surface area contributed by atoms with Gasteiger partial charge >= 0.3 is 0 Å². The van der Waals surface area contributed by atoms with E-state index in [1.807, 2.05) is 23.1 Å². The van der Waals surface area contributed by atoms with Crippen molar-refractivity contribution in [1.29, 1.82) is 0 Å². The summed E-state index contributed by atoms with van der Waals surface area (Å²) < 4.78 is 31.0. The van der Waals surface area contributed by atoms with Gasteiger partial charge < -0.3 is 29.1 Å². The second kappa shape index (κ2) is 12.0. The third kappa shape index (κ3) is 6.73. The van der Waals surface area contributed by atoms with E-state index in [1.165, 1.54) is 12.1 Å². The Kier molecular flexibility index (Phi) is 8.79. The Bertz CT molecular complexity index is 1010. The van der Waals surface area contributed by atoms with Crippen molar-refractivity contribution in [3.8, 4) is 11.5 Å². The summed E-state index contributed by atoms with van der Waals surface area (Å²) in [7, 11) is 3.65. The van der Waals surface area contributed by atoms with Crippen molar-refractivity contribution in [2.75, 3.05) is 66.6 Å². The van der Waals surface area contributed by atoms with Crippen molar-refractivity contribution in [2.24, 2.45) is 0 Å². The van der Waals surface area contributed by atoms with Gasteiger partial charge in [-0.2, -0.15) is 0 Å². The van der Waals surface area contributed by atoms with Gasteiger partial charge in [-0.25, -0.2) is 4.39 Å². The molecule has 36 heavy (non-hydrogen) atoms. The molecule has 0 radical (unpaired) electrons. The van der Waals surface area contributed by atoms with E-state index in [-0.39, 0.29) is 31.4 Å². The number of nitrogens with zero attached hydrogens (tertiary/aromatic N) is 3. The number of ether oxygens (including phenoxy) is 3. The highest BCUT2D eigenvalue weighted by atomic mass is 19.1. The fourth-order valence-corrected chi connectivity index (χ4v) is 4.80. The number of aliphatic hydroxyl groups is 1. The number of halogens is 1. The summed E-state index contributed by atoms with van der Waals surface area (Å²) in [6.45, 7) is 5.50. The molecule has 2 aliphatic heterocycles. The fourth-order valence-electron chi connectivity index (χ4n) is 4.80. The molecule has 0 saturated carbocycles. The van der Waals surface area contributed by atoms with E-state index in [1.54, 1.807) is 19.2 Å². The molecule has 4 rings (SSSR count). The van der Waals surface area contributed by atoms with Crippen LogP contribution >= 0.6 is 0 Å². The minimum absolute atomic E-state index is 0.0553. The summed E-state index contributed by atoms with van der Waals surface area (Å²) in [5.41, 5.74) is 0.944. The molecule has 2 aromatic rings. The van der Waals surface area contributed by atoms with Crippen molar-refractivity contribution >= 4 is 5.91 Å². The summed E-state index contributed by atoms with van der Waals surface area (Å²) in [4.78, 5) is 19.7. The molecule has 1 N–H and O–H groups in total. The number of morpholine rings is 1. The van der Waals surface area contributed by atoms with E-state index < -0.39 is 5.60 Å². The standard InChI is InChI=1S/C27H36FN3O5/c1-29-9-11-31(12-10-29)26(33)16-27(20-35-24-6-4-23(28)5-7-24)19-30(13-14-36-27)17-21-3-8-25(34-2)22(15-21)18-32/h3-8,15,32H,9-14,16-20H2,1-2H3/t27-/m1/s1. The zero-order valence-electron chi connectivity index (χ0n) is 21.1. The molecule has 8 nitrogen and oxygen atoms in total. The quantitative estimate of drug-likeness (QED) is 0.564. The zero-order chi connectivity index (χ0) is 25.5. The van der Waals surface area contributed by atoms with Crippen LogP contribution in [0, 0.1) is 5.82 Å². The molecule has 2 saturated heterocycles. The third-order valence-electron chi connectivity index (χ3n) is 6.89. The van der Waals surface area contributed by atoms with E-state index in [2.05, 4.69) is 16.8 Å². The molecule has 0 spiro atoms. The highest BCUT2D eigenvalue weighted by Gasteiger charge is 2.41. The molecule has 9 heteroatoms. The molecule has 2 aliphatic rings. The fraction of sp³-hybridized carbons (Fsp3) is 0.519. The first-order valence-corrected chi connectivity index (χ1v) is 12.4. The Labute approximate surface area is 212 Å². The van der Waals surface area contributed by atoms with E-state index in [0.717, 1.165) is 24.2 Å². The van der Waals surface area contributed by atoms with Crippen LogP contribution in [-0.4, -0.2) is 98.0 Å². The predicted molar refractivity (Wildman–Crippen MR) is 133 cm³/mol. The lowest BCUT2D eigenvalue weighted by molar-refractivity contribution is -0.157. The maximum Gasteiger partial charge on any atom is 0.225 e.